The van der Waals surface area contributed by atoms with Crippen LogP contribution in [-0.2, 0) is 13.5 Å². The van der Waals surface area contributed by atoms with Gasteiger partial charge in [-0.25, -0.2) is 9.97 Å². The Bertz CT molecular complexity index is 855. The van der Waals surface area contributed by atoms with Gasteiger partial charge in [-0.15, -0.1) is 0 Å². The molecule has 0 saturated heterocycles. The second-order valence-electron chi connectivity index (χ2n) is 5.86. The van der Waals surface area contributed by atoms with Crippen molar-refractivity contribution < 1.29 is 9.53 Å². The summed E-state index contributed by atoms with van der Waals surface area (Å²) < 4.78 is 7.26. The molecule has 2 aromatic heterocycles. The zero-order valence-corrected chi connectivity index (χ0v) is 14.5. The quantitative estimate of drug-likeness (QED) is 0.673. The summed E-state index contributed by atoms with van der Waals surface area (Å²) in [4.78, 5) is 20.7. The molecule has 130 valence electrons. The van der Waals surface area contributed by atoms with Crippen LogP contribution >= 0.6 is 0 Å². The molecule has 1 N–H and O–H groups in total. The highest BCUT2D eigenvalue weighted by molar-refractivity contribution is 5.96. The number of nitrogens with one attached hydrogen (secondary N) is 1. The normalized spacial score (nSPS) is 10.8. The number of hydrogen-bond donors (Lipinski definition) is 1. The number of carbonyl (C=O) groups excluding carboxylic acids is 1. The van der Waals surface area contributed by atoms with Gasteiger partial charge in [-0.3, -0.25) is 4.79 Å². The molecule has 3 rings (SSSR count). The van der Waals surface area contributed by atoms with Crippen LogP contribution < -0.4 is 10.1 Å². The third kappa shape index (κ3) is 4.15. The number of fused-ring (bicyclic) bond motifs is 1. The van der Waals surface area contributed by atoms with Crippen molar-refractivity contribution in [1.29, 1.82) is 0 Å². The SMILES string of the molecule is CCOc1ccc(CCCNC(=O)c2cnc3c(c2)ncn3C)cc1. The van der Waals surface area contributed by atoms with Crippen molar-refractivity contribution in [3.63, 3.8) is 0 Å². The van der Waals surface area contributed by atoms with Gasteiger partial charge in [-0.1, -0.05) is 12.1 Å². The van der Waals surface area contributed by atoms with Gasteiger partial charge >= 0.3 is 0 Å². The molecule has 0 fully saturated rings. The molecule has 3 aromatic rings. The molecule has 6 heteroatoms. The summed E-state index contributed by atoms with van der Waals surface area (Å²) in [5.41, 5.74) is 3.26. The van der Waals surface area contributed by atoms with Gasteiger partial charge in [0.15, 0.2) is 5.65 Å². The Labute approximate surface area is 146 Å². The lowest BCUT2D eigenvalue weighted by Gasteiger charge is -2.07. The molecule has 6 nitrogen and oxygen atoms in total. The lowest BCUT2D eigenvalue weighted by molar-refractivity contribution is 0.0953. The largest absolute Gasteiger partial charge is 0.494 e. The molecule has 1 amide bonds. The average Bonchev–Trinajstić information content (AvgIpc) is 3.00. The molecule has 2 heterocycles. The maximum absolute atomic E-state index is 12.2. The minimum Gasteiger partial charge on any atom is -0.494 e. The monoisotopic (exact) mass is 338 g/mol. The Kier molecular flexibility index (Phi) is 5.28. The Morgan fingerprint density at radius 3 is 2.80 bits per heavy atom. The van der Waals surface area contributed by atoms with Crippen molar-refractivity contribution in [3.8, 4) is 5.75 Å². The summed E-state index contributed by atoms with van der Waals surface area (Å²) in [6.45, 7) is 3.26. The number of pyridine rings is 1. The van der Waals surface area contributed by atoms with E-state index in [0.717, 1.165) is 29.8 Å². The van der Waals surface area contributed by atoms with Crippen molar-refractivity contribution >= 4 is 17.1 Å². The molecule has 0 bridgehead atoms. The molecule has 1 aromatic carbocycles. The lowest BCUT2D eigenvalue weighted by atomic mass is 10.1. The van der Waals surface area contributed by atoms with E-state index in [-0.39, 0.29) is 5.91 Å². The number of nitrogens with zero attached hydrogens (tertiary/aromatic N) is 3. The van der Waals surface area contributed by atoms with Crippen molar-refractivity contribution in [2.24, 2.45) is 7.05 Å². The first kappa shape index (κ1) is 17.0. The third-order valence-electron chi connectivity index (χ3n) is 3.98. The van der Waals surface area contributed by atoms with Crippen LogP contribution in [0.15, 0.2) is 42.9 Å². The van der Waals surface area contributed by atoms with E-state index in [1.807, 2.05) is 30.7 Å². The number of carbonyl (C=O) groups is 1. The number of aromatic nitrogens is 3. The lowest BCUT2D eigenvalue weighted by Crippen LogP contribution is -2.24. The minimum atomic E-state index is -0.119. The number of amides is 1. The van der Waals surface area contributed by atoms with Gasteiger partial charge in [0.1, 0.15) is 11.3 Å². The van der Waals surface area contributed by atoms with Crippen LogP contribution in [0.5, 0.6) is 5.75 Å². The van der Waals surface area contributed by atoms with E-state index >= 15 is 0 Å². The summed E-state index contributed by atoms with van der Waals surface area (Å²) in [7, 11) is 1.88. The summed E-state index contributed by atoms with van der Waals surface area (Å²) in [5, 5.41) is 2.93. The fraction of sp³-hybridized carbons (Fsp3) is 0.316. The molecule has 0 atom stereocenters. The highest BCUT2D eigenvalue weighted by Gasteiger charge is 2.09. The Hall–Kier alpha value is -2.89. The Morgan fingerprint density at radius 2 is 2.04 bits per heavy atom. The van der Waals surface area contributed by atoms with E-state index in [4.69, 9.17) is 4.74 Å². The van der Waals surface area contributed by atoms with Gasteiger partial charge in [-0.2, -0.15) is 0 Å². The molecule has 0 aliphatic rings. The van der Waals surface area contributed by atoms with Gasteiger partial charge < -0.3 is 14.6 Å². The summed E-state index contributed by atoms with van der Waals surface area (Å²) >= 11 is 0. The van der Waals surface area contributed by atoms with Gasteiger partial charge in [0, 0.05) is 19.8 Å². The predicted molar refractivity (Wildman–Crippen MR) is 96.8 cm³/mol. The Morgan fingerprint density at radius 1 is 1.24 bits per heavy atom. The topological polar surface area (TPSA) is 69.0 Å². The minimum absolute atomic E-state index is 0.119. The first-order valence-electron chi connectivity index (χ1n) is 8.44. The first-order chi connectivity index (χ1) is 12.2. The second-order valence-corrected chi connectivity index (χ2v) is 5.86. The summed E-state index contributed by atoms with van der Waals surface area (Å²) in [6, 6.07) is 9.85. The molecular formula is C19H22N4O2. The van der Waals surface area contributed by atoms with Crippen molar-refractivity contribution in [3.05, 3.63) is 54.0 Å². The molecule has 0 aliphatic carbocycles. The number of benzene rings is 1. The number of hydrogen-bond acceptors (Lipinski definition) is 4. The fourth-order valence-corrected chi connectivity index (χ4v) is 2.66. The van der Waals surface area contributed by atoms with Gasteiger partial charge in [0.25, 0.3) is 5.91 Å². The van der Waals surface area contributed by atoms with E-state index in [1.54, 1.807) is 18.6 Å². The van der Waals surface area contributed by atoms with E-state index in [1.165, 1.54) is 5.56 Å². The van der Waals surface area contributed by atoms with Crippen LogP contribution in [0, 0.1) is 0 Å². The molecule has 0 radical (unpaired) electrons. The van der Waals surface area contributed by atoms with Crippen LogP contribution in [0.2, 0.25) is 0 Å². The van der Waals surface area contributed by atoms with Crippen LogP contribution in [0.3, 0.4) is 0 Å². The van der Waals surface area contributed by atoms with Crippen LogP contribution in [-0.4, -0.2) is 33.6 Å². The van der Waals surface area contributed by atoms with Crippen molar-refractivity contribution in [2.45, 2.75) is 19.8 Å². The number of aryl methyl sites for hydroxylation is 2. The van der Waals surface area contributed by atoms with Crippen LogP contribution in [0.4, 0.5) is 0 Å². The van der Waals surface area contributed by atoms with Crippen molar-refractivity contribution in [2.75, 3.05) is 13.2 Å². The molecule has 0 saturated carbocycles. The van der Waals surface area contributed by atoms with Crippen LogP contribution in [0.1, 0.15) is 29.3 Å². The molecule has 0 unspecified atom stereocenters. The molecule has 0 spiro atoms. The highest BCUT2D eigenvalue weighted by Crippen LogP contribution is 2.13. The third-order valence-corrected chi connectivity index (χ3v) is 3.98. The second kappa shape index (κ2) is 7.79. The molecule has 0 aliphatic heterocycles. The van der Waals surface area contributed by atoms with Gasteiger partial charge in [0.2, 0.25) is 0 Å². The van der Waals surface area contributed by atoms with E-state index in [0.29, 0.717) is 18.7 Å². The fourth-order valence-electron chi connectivity index (χ4n) is 2.66. The molecular weight excluding hydrogens is 316 g/mol. The van der Waals surface area contributed by atoms with Crippen LogP contribution in [0.25, 0.3) is 11.2 Å². The highest BCUT2D eigenvalue weighted by atomic mass is 16.5. The predicted octanol–water partition coefficient (Wildman–Crippen LogP) is 2.73. The van der Waals surface area contributed by atoms with Gasteiger partial charge in [0.05, 0.1) is 18.5 Å². The van der Waals surface area contributed by atoms with Crippen molar-refractivity contribution in [1.82, 2.24) is 19.9 Å². The Balaban J connectivity index is 1.48. The number of imidazole rings is 1. The molecule has 25 heavy (non-hydrogen) atoms. The summed E-state index contributed by atoms with van der Waals surface area (Å²) in [5.74, 6) is 0.767. The van der Waals surface area contributed by atoms with E-state index in [9.17, 15) is 4.79 Å². The maximum Gasteiger partial charge on any atom is 0.252 e. The van der Waals surface area contributed by atoms with Gasteiger partial charge in [-0.05, 0) is 43.5 Å². The standard InChI is InChI=1S/C19H22N4O2/c1-3-25-16-8-6-14(7-9-16)5-4-10-20-19(24)15-11-17-18(21-12-15)23(2)13-22-17/h6-9,11-13H,3-5,10H2,1-2H3,(H,20,24). The first-order valence-corrected chi connectivity index (χ1v) is 8.44. The number of ether oxygens (including phenoxy) is 1. The smallest absolute Gasteiger partial charge is 0.252 e. The zero-order valence-electron chi connectivity index (χ0n) is 14.5. The van der Waals surface area contributed by atoms with E-state index < -0.39 is 0 Å². The zero-order chi connectivity index (χ0) is 17.6. The summed E-state index contributed by atoms with van der Waals surface area (Å²) in [6.07, 6.45) is 5.06. The number of rotatable bonds is 7. The van der Waals surface area contributed by atoms with E-state index in [2.05, 4.69) is 27.4 Å². The maximum atomic E-state index is 12.2. The average molecular weight is 338 g/mol.